The van der Waals surface area contributed by atoms with Crippen LogP contribution in [-0.4, -0.2) is 47.2 Å². The molecule has 0 aromatic heterocycles. The van der Waals surface area contributed by atoms with Gasteiger partial charge in [0.1, 0.15) is 5.75 Å². The number of guanidine groups is 1. The van der Waals surface area contributed by atoms with Crippen molar-refractivity contribution in [2.75, 3.05) is 27.0 Å². The summed E-state index contributed by atoms with van der Waals surface area (Å²) in [5.74, 6) is 1.07. The molecule has 1 amide bonds. The van der Waals surface area contributed by atoms with Crippen LogP contribution in [0.4, 0.5) is 0 Å². The number of aliphatic imine (C=N–C) groups is 1. The van der Waals surface area contributed by atoms with Crippen molar-refractivity contribution in [3.05, 3.63) is 59.2 Å². The quantitative estimate of drug-likeness (QED) is 0.259. The molecule has 31 heavy (non-hydrogen) atoms. The van der Waals surface area contributed by atoms with E-state index in [2.05, 4.69) is 20.9 Å². The predicted octanol–water partition coefficient (Wildman–Crippen LogP) is 2.01. The average molecular weight is 560 g/mol. The molecule has 0 atom stereocenters. The molecule has 0 bridgehead atoms. The topological polar surface area (TPSA) is 109 Å². The Morgan fingerprint density at radius 3 is 2.16 bits per heavy atom. The third kappa shape index (κ3) is 8.74. The maximum Gasteiger partial charge on any atom is 0.239 e. The minimum Gasteiger partial charge on any atom is -0.497 e. The van der Waals surface area contributed by atoms with E-state index in [1.807, 2.05) is 30.3 Å². The number of sulfone groups is 1. The van der Waals surface area contributed by atoms with E-state index in [1.165, 1.54) is 6.26 Å². The molecule has 0 radical (unpaired) electrons. The maximum absolute atomic E-state index is 12.1. The van der Waals surface area contributed by atoms with Crippen LogP contribution < -0.4 is 20.7 Å². The van der Waals surface area contributed by atoms with E-state index in [4.69, 9.17) is 4.74 Å². The van der Waals surface area contributed by atoms with Crippen molar-refractivity contribution >= 4 is 45.7 Å². The summed E-state index contributed by atoms with van der Waals surface area (Å²) in [5.41, 5.74) is 2.57. The van der Waals surface area contributed by atoms with Gasteiger partial charge in [0.25, 0.3) is 0 Å². The average Bonchev–Trinajstić information content (AvgIpc) is 2.71. The largest absolute Gasteiger partial charge is 0.497 e. The molecule has 2 aromatic carbocycles. The van der Waals surface area contributed by atoms with Crippen LogP contribution in [-0.2, 0) is 27.7 Å². The second-order valence-electron chi connectivity index (χ2n) is 6.78. The Hall–Kier alpha value is -2.34. The van der Waals surface area contributed by atoms with Gasteiger partial charge >= 0.3 is 0 Å². The van der Waals surface area contributed by atoms with Crippen molar-refractivity contribution in [3.63, 3.8) is 0 Å². The summed E-state index contributed by atoms with van der Waals surface area (Å²) in [5, 5.41) is 8.90. The number of carbonyl (C=O) groups is 1. The summed E-state index contributed by atoms with van der Waals surface area (Å²) >= 11 is 0. The first kappa shape index (κ1) is 26.7. The number of nitrogens with zero attached hydrogens (tertiary/aromatic N) is 1. The lowest BCUT2D eigenvalue weighted by molar-refractivity contribution is -0.120. The van der Waals surface area contributed by atoms with E-state index in [0.717, 1.165) is 16.9 Å². The van der Waals surface area contributed by atoms with Gasteiger partial charge in [-0.05, 0) is 41.8 Å². The molecule has 0 unspecified atom stereocenters. The van der Waals surface area contributed by atoms with E-state index in [9.17, 15) is 13.2 Å². The number of hydrogen-bond donors (Lipinski definition) is 3. The van der Waals surface area contributed by atoms with Gasteiger partial charge in [-0.25, -0.2) is 8.42 Å². The zero-order valence-electron chi connectivity index (χ0n) is 18.1. The highest BCUT2D eigenvalue weighted by Gasteiger charge is 2.11. The van der Waals surface area contributed by atoms with Crippen LogP contribution >= 0.6 is 24.0 Å². The number of methoxy groups -OCH3 is 1. The first-order valence-corrected chi connectivity index (χ1v) is 11.3. The van der Waals surface area contributed by atoms with Crippen LogP contribution in [0.3, 0.4) is 0 Å². The molecule has 0 aliphatic carbocycles. The number of ether oxygens (including phenoxy) is 1. The van der Waals surface area contributed by atoms with Crippen LogP contribution in [0.15, 0.2) is 52.4 Å². The normalized spacial score (nSPS) is 11.3. The lowest BCUT2D eigenvalue weighted by Crippen LogP contribution is -2.42. The number of hydrogen-bond acceptors (Lipinski definition) is 5. The molecule has 2 rings (SSSR count). The molecule has 0 saturated heterocycles. The fraction of sp³-hybridized carbons (Fsp3) is 0.333. The Kier molecular flexibility index (Phi) is 10.8. The zero-order chi connectivity index (χ0) is 22.1. The number of nitrogens with one attached hydrogen (secondary N) is 3. The summed E-state index contributed by atoms with van der Waals surface area (Å²) in [6.07, 6.45) is 1.19. The fourth-order valence-electron chi connectivity index (χ4n) is 2.81. The molecule has 8 nitrogen and oxygen atoms in total. The van der Waals surface area contributed by atoms with Gasteiger partial charge in [-0.1, -0.05) is 24.3 Å². The van der Waals surface area contributed by atoms with Gasteiger partial charge in [0.2, 0.25) is 5.91 Å². The Bertz CT molecular complexity index is 1010. The van der Waals surface area contributed by atoms with Crippen molar-refractivity contribution in [2.24, 2.45) is 4.99 Å². The van der Waals surface area contributed by atoms with Gasteiger partial charge in [-0.2, -0.15) is 0 Å². The Morgan fingerprint density at radius 2 is 1.61 bits per heavy atom. The van der Waals surface area contributed by atoms with Gasteiger partial charge in [-0.15, -0.1) is 24.0 Å². The fourth-order valence-corrected chi connectivity index (χ4v) is 3.77. The number of benzene rings is 2. The molecule has 0 aliphatic rings. The predicted molar refractivity (Wildman–Crippen MR) is 133 cm³/mol. The van der Waals surface area contributed by atoms with Crippen molar-refractivity contribution in [3.8, 4) is 5.75 Å². The van der Waals surface area contributed by atoms with Crippen molar-refractivity contribution in [1.82, 2.24) is 16.0 Å². The summed E-state index contributed by atoms with van der Waals surface area (Å²) in [7, 11) is -0.0207. The van der Waals surface area contributed by atoms with Crippen LogP contribution in [0.2, 0.25) is 0 Å². The van der Waals surface area contributed by atoms with E-state index < -0.39 is 9.84 Å². The lowest BCUT2D eigenvalue weighted by atomic mass is 10.1. The number of amides is 1. The van der Waals surface area contributed by atoms with Gasteiger partial charge in [0.05, 0.1) is 18.6 Å². The van der Waals surface area contributed by atoms with Gasteiger partial charge in [-0.3, -0.25) is 9.79 Å². The van der Waals surface area contributed by atoms with Gasteiger partial charge in [0, 0.05) is 26.4 Å². The monoisotopic (exact) mass is 560 g/mol. The smallest absolute Gasteiger partial charge is 0.239 e. The number of halogens is 1. The van der Waals surface area contributed by atoms with Crippen LogP contribution in [0.5, 0.6) is 5.75 Å². The van der Waals surface area contributed by atoms with E-state index in [0.29, 0.717) is 29.5 Å². The van der Waals surface area contributed by atoms with Gasteiger partial charge < -0.3 is 20.7 Å². The highest BCUT2D eigenvalue weighted by atomic mass is 127. The standard InChI is InChI=1S/C21H28N4O4S.HI/c1-15-11-17(7-10-19(15)30(4,27)28)13-24-21(22-2)25-14-20(26)23-12-16-5-8-18(29-3)9-6-16;/h5-11H,12-14H2,1-4H3,(H,23,26)(H2,22,24,25);1H. The summed E-state index contributed by atoms with van der Waals surface area (Å²) < 4.78 is 28.5. The molecule has 0 spiro atoms. The van der Waals surface area contributed by atoms with E-state index >= 15 is 0 Å². The molecular formula is C21H29IN4O4S. The number of aryl methyl sites for hydroxylation is 1. The molecule has 0 heterocycles. The molecule has 3 N–H and O–H groups in total. The molecule has 0 saturated carbocycles. The van der Waals surface area contributed by atoms with Crippen molar-refractivity contribution in [1.29, 1.82) is 0 Å². The van der Waals surface area contributed by atoms with Crippen LogP contribution in [0.1, 0.15) is 16.7 Å². The highest BCUT2D eigenvalue weighted by Crippen LogP contribution is 2.16. The second kappa shape index (κ2) is 12.5. The molecule has 2 aromatic rings. The Labute approximate surface area is 200 Å². The first-order chi connectivity index (χ1) is 14.2. The van der Waals surface area contributed by atoms with E-state index in [-0.39, 0.29) is 36.4 Å². The van der Waals surface area contributed by atoms with Crippen LogP contribution in [0, 0.1) is 6.92 Å². The molecule has 10 heteroatoms. The molecular weight excluding hydrogens is 531 g/mol. The summed E-state index contributed by atoms with van der Waals surface area (Å²) in [6, 6.07) is 12.6. The zero-order valence-corrected chi connectivity index (χ0v) is 21.2. The third-order valence-electron chi connectivity index (χ3n) is 4.39. The minimum absolute atomic E-state index is 0. The minimum atomic E-state index is -3.24. The maximum atomic E-state index is 12.1. The number of rotatable bonds is 8. The van der Waals surface area contributed by atoms with Crippen molar-refractivity contribution < 1.29 is 17.9 Å². The van der Waals surface area contributed by atoms with Crippen molar-refractivity contribution in [2.45, 2.75) is 24.9 Å². The molecule has 0 fully saturated rings. The third-order valence-corrected chi connectivity index (χ3v) is 5.64. The SMILES string of the molecule is CN=C(NCC(=O)NCc1ccc(OC)cc1)NCc1ccc(S(C)(=O)=O)c(C)c1.I. The second-order valence-corrected chi connectivity index (χ2v) is 8.76. The lowest BCUT2D eigenvalue weighted by Gasteiger charge is -2.13. The Balaban J connectivity index is 0.00000480. The first-order valence-electron chi connectivity index (χ1n) is 9.36. The molecule has 0 aliphatic heterocycles. The molecule has 170 valence electrons. The van der Waals surface area contributed by atoms with Crippen LogP contribution in [0.25, 0.3) is 0 Å². The van der Waals surface area contributed by atoms with E-state index in [1.54, 1.807) is 33.2 Å². The van der Waals surface area contributed by atoms with Gasteiger partial charge in [0.15, 0.2) is 15.8 Å². The highest BCUT2D eigenvalue weighted by molar-refractivity contribution is 14.0. The Morgan fingerprint density at radius 1 is 1.00 bits per heavy atom. The summed E-state index contributed by atoms with van der Waals surface area (Å²) in [6.45, 7) is 2.70. The number of carbonyl (C=O) groups excluding carboxylic acids is 1. The summed E-state index contributed by atoms with van der Waals surface area (Å²) in [4.78, 5) is 16.5.